The molecule has 0 radical (unpaired) electrons. The van der Waals surface area contributed by atoms with Crippen LogP contribution in [0.5, 0.6) is 5.88 Å². The fraction of sp³-hybridized carbons (Fsp3) is 0.440. The summed E-state index contributed by atoms with van der Waals surface area (Å²) < 4.78 is 13.8. The molecule has 1 atom stereocenters. The highest BCUT2D eigenvalue weighted by molar-refractivity contribution is 5.91. The first kappa shape index (κ1) is 21.8. The van der Waals surface area contributed by atoms with Gasteiger partial charge in [0.25, 0.3) is 0 Å². The molecule has 0 aromatic carbocycles. The fourth-order valence-corrected chi connectivity index (χ4v) is 5.04. The Morgan fingerprint density at radius 2 is 2.03 bits per heavy atom. The lowest BCUT2D eigenvalue weighted by molar-refractivity contribution is -0.119. The number of carbonyl (C=O) groups is 1. The van der Waals surface area contributed by atoms with Crippen molar-refractivity contribution in [3.63, 3.8) is 0 Å². The van der Waals surface area contributed by atoms with Crippen molar-refractivity contribution < 1.29 is 13.9 Å². The summed E-state index contributed by atoms with van der Waals surface area (Å²) in [5.74, 6) is 1.19. The molecule has 1 amide bonds. The molecule has 6 rings (SSSR count). The number of carbonyl (C=O) groups excluding carboxylic acids is 1. The number of piperidine rings is 1. The molecule has 6 heterocycles. The van der Waals surface area contributed by atoms with E-state index in [0.717, 1.165) is 49.1 Å². The summed E-state index contributed by atoms with van der Waals surface area (Å²) in [4.78, 5) is 25.1. The van der Waals surface area contributed by atoms with E-state index in [-0.39, 0.29) is 11.9 Å². The highest BCUT2D eigenvalue weighted by Gasteiger charge is 2.24. The molecule has 10 heteroatoms. The van der Waals surface area contributed by atoms with Crippen LogP contribution in [-0.4, -0.2) is 76.3 Å². The molecule has 1 N–H and O–H groups in total. The van der Waals surface area contributed by atoms with Gasteiger partial charge in [-0.2, -0.15) is 0 Å². The maximum atomic E-state index is 11.4. The zero-order chi connectivity index (χ0) is 23.9. The summed E-state index contributed by atoms with van der Waals surface area (Å²) in [5, 5.41) is 8.52. The van der Waals surface area contributed by atoms with E-state index in [0.29, 0.717) is 42.1 Å². The van der Waals surface area contributed by atoms with Crippen LogP contribution in [0.25, 0.3) is 28.2 Å². The predicted octanol–water partition coefficient (Wildman–Crippen LogP) is 2.73. The van der Waals surface area contributed by atoms with Gasteiger partial charge in [-0.3, -0.25) is 4.79 Å². The second-order valence-electron chi connectivity index (χ2n) is 9.54. The average Bonchev–Trinajstić information content (AvgIpc) is 3.59. The minimum Gasteiger partial charge on any atom is -0.474 e. The molecular formula is C25H29N7O3. The third-order valence-corrected chi connectivity index (χ3v) is 7.06. The Hall–Kier alpha value is -3.66. The lowest BCUT2D eigenvalue weighted by atomic mass is 10.0. The summed E-state index contributed by atoms with van der Waals surface area (Å²) in [6.07, 6.45) is 7.14. The topological polar surface area (TPSA) is 101 Å². The lowest BCUT2D eigenvalue weighted by Crippen LogP contribution is -2.42. The number of amides is 1. The Kier molecular flexibility index (Phi) is 5.52. The highest BCUT2D eigenvalue weighted by Crippen LogP contribution is 2.34. The quantitative estimate of drug-likeness (QED) is 0.454. The first-order chi connectivity index (χ1) is 17.0. The Labute approximate surface area is 202 Å². The maximum absolute atomic E-state index is 11.4. The van der Waals surface area contributed by atoms with Crippen molar-refractivity contribution in [3.8, 4) is 17.3 Å². The van der Waals surface area contributed by atoms with Crippen molar-refractivity contribution in [3.05, 3.63) is 36.7 Å². The molecule has 35 heavy (non-hydrogen) atoms. The Balaban J connectivity index is 1.27. The minimum atomic E-state index is 0.0184. The maximum Gasteiger partial charge on any atom is 0.231 e. The van der Waals surface area contributed by atoms with Gasteiger partial charge in [-0.25, -0.2) is 14.5 Å². The Morgan fingerprint density at radius 1 is 1.17 bits per heavy atom. The van der Waals surface area contributed by atoms with E-state index >= 15 is 0 Å². The zero-order valence-electron chi connectivity index (χ0n) is 20.0. The number of fused-ring (bicyclic) bond motifs is 2. The summed E-state index contributed by atoms with van der Waals surface area (Å²) >= 11 is 0. The van der Waals surface area contributed by atoms with Gasteiger partial charge < -0.3 is 24.3 Å². The van der Waals surface area contributed by atoms with Crippen LogP contribution in [0.15, 0.2) is 41.1 Å². The van der Waals surface area contributed by atoms with Crippen LogP contribution < -0.4 is 15.0 Å². The number of hydrogen-bond donors (Lipinski definition) is 1. The molecule has 10 nitrogen and oxygen atoms in total. The third kappa shape index (κ3) is 4.18. The van der Waals surface area contributed by atoms with Gasteiger partial charge in [-0.05, 0) is 51.6 Å². The van der Waals surface area contributed by atoms with E-state index < -0.39 is 0 Å². The van der Waals surface area contributed by atoms with Gasteiger partial charge in [0.2, 0.25) is 17.5 Å². The molecule has 0 saturated carbocycles. The van der Waals surface area contributed by atoms with E-state index in [1.807, 2.05) is 18.3 Å². The summed E-state index contributed by atoms with van der Waals surface area (Å²) in [7, 11) is 4.31. The molecule has 182 valence electrons. The first-order valence-corrected chi connectivity index (χ1v) is 12.1. The van der Waals surface area contributed by atoms with Gasteiger partial charge in [0.05, 0.1) is 23.3 Å². The standard InChI is InChI=1S/C25H29N7O3/c1-30(2)17-8-11-31(12-9-17)19-7-10-26-25-18(19)13-21(35-25)20-14-27-22-4-6-24(29-32(20)22)34-15-16-3-5-23(33)28-16/h4,6-7,10,13-14,16-17H,3,5,8-9,11-12,15H2,1-2H3,(H,28,33)/t16-/m1/s1. The predicted molar refractivity (Wildman–Crippen MR) is 132 cm³/mol. The molecule has 0 spiro atoms. The summed E-state index contributed by atoms with van der Waals surface area (Å²) in [6, 6.07) is 8.39. The van der Waals surface area contributed by atoms with E-state index in [9.17, 15) is 4.79 Å². The molecule has 2 aliphatic rings. The van der Waals surface area contributed by atoms with E-state index in [4.69, 9.17) is 9.15 Å². The van der Waals surface area contributed by atoms with Gasteiger partial charge in [0, 0.05) is 37.8 Å². The average molecular weight is 476 g/mol. The van der Waals surface area contributed by atoms with Gasteiger partial charge in [0.1, 0.15) is 12.3 Å². The van der Waals surface area contributed by atoms with E-state index in [2.05, 4.69) is 50.3 Å². The van der Waals surface area contributed by atoms with Gasteiger partial charge in [0.15, 0.2) is 11.4 Å². The summed E-state index contributed by atoms with van der Waals surface area (Å²) in [6.45, 7) is 2.39. The van der Waals surface area contributed by atoms with Crippen molar-refractivity contribution in [2.24, 2.45) is 0 Å². The van der Waals surface area contributed by atoms with Crippen LogP contribution >= 0.6 is 0 Å². The number of furan rings is 1. The molecule has 2 saturated heterocycles. The molecule has 4 aromatic rings. The number of nitrogens with one attached hydrogen (secondary N) is 1. The number of rotatable bonds is 6. The number of imidazole rings is 1. The molecule has 2 aliphatic heterocycles. The molecule has 4 aromatic heterocycles. The second kappa shape index (κ2) is 8.84. The van der Waals surface area contributed by atoms with Crippen LogP contribution in [0.3, 0.4) is 0 Å². The number of hydrogen-bond acceptors (Lipinski definition) is 8. The van der Waals surface area contributed by atoms with E-state index in [1.54, 1.807) is 16.8 Å². The van der Waals surface area contributed by atoms with Gasteiger partial charge in [-0.15, -0.1) is 5.10 Å². The SMILES string of the molecule is CN(C)C1CCN(c2ccnc3oc(-c4cnc5ccc(OC[C@H]6CCC(=O)N6)nn45)cc23)CC1. The molecule has 0 aliphatic carbocycles. The number of nitrogens with zero attached hydrogens (tertiary/aromatic N) is 6. The number of pyridine rings is 1. The normalized spacial score (nSPS) is 19.2. The van der Waals surface area contributed by atoms with E-state index in [1.165, 1.54) is 0 Å². The highest BCUT2D eigenvalue weighted by atomic mass is 16.5. The number of aromatic nitrogens is 4. The van der Waals surface area contributed by atoms with Crippen molar-refractivity contribution in [1.82, 2.24) is 29.8 Å². The first-order valence-electron chi connectivity index (χ1n) is 12.1. The van der Waals surface area contributed by atoms with Crippen LogP contribution in [0, 0.1) is 0 Å². The fourth-order valence-electron chi connectivity index (χ4n) is 5.04. The van der Waals surface area contributed by atoms with Crippen LogP contribution in [0.2, 0.25) is 0 Å². The smallest absolute Gasteiger partial charge is 0.231 e. The van der Waals surface area contributed by atoms with Gasteiger partial charge in [-0.1, -0.05) is 0 Å². The largest absolute Gasteiger partial charge is 0.474 e. The van der Waals surface area contributed by atoms with Crippen LogP contribution in [-0.2, 0) is 4.79 Å². The third-order valence-electron chi connectivity index (χ3n) is 7.06. The molecule has 0 bridgehead atoms. The molecule has 0 unspecified atom stereocenters. The Morgan fingerprint density at radius 3 is 2.80 bits per heavy atom. The lowest BCUT2D eigenvalue weighted by Gasteiger charge is -2.36. The zero-order valence-corrected chi connectivity index (χ0v) is 20.0. The minimum absolute atomic E-state index is 0.0184. The molecular weight excluding hydrogens is 446 g/mol. The second-order valence-corrected chi connectivity index (χ2v) is 9.54. The Bertz CT molecular complexity index is 1370. The summed E-state index contributed by atoms with van der Waals surface area (Å²) in [5.41, 5.74) is 3.17. The van der Waals surface area contributed by atoms with Crippen LogP contribution in [0.4, 0.5) is 5.69 Å². The molecule has 2 fully saturated rings. The van der Waals surface area contributed by atoms with Crippen molar-refractivity contribution >= 4 is 28.3 Å². The van der Waals surface area contributed by atoms with Crippen LogP contribution in [0.1, 0.15) is 25.7 Å². The van der Waals surface area contributed by atoms with Crippen molar-refractivity contribution in [2.45, 2.75) is 37.8 Å². The monoisotopic (exact) mass is 475 g/mol. The van der Waals surface area contributed by atoms with Crippen molar-refractivity contribution in [2.75, 3.05) is 38.7 Å². The van der Waals surface area contributed by atoms with Crippen molar-refractivity contribution in [1.29, 1.82) is 0 Å². The number of ether oxygens (including phenoxy) is 1. The number of anilines is 1. The van der Waals surface area contributed by atoms with Gasteiger partial charge >= 0.3 is 0 Å².